The quantitative estimate of drug-likeness (QED) is 0.408. The summed E-state index contributed by atoms with van der Waals surface area (Å²) in [7, 11) is 0. The Morgan fingerprint density at radius 2 is 2.15 bits per heavy atom. The van der Waals surface area contributed by atoms with Crippen molar-refractivity contribution in [2.75, 3.05) is 12.4 Å². The number of halogens is 3. The molecule has 11 heteroatoms. The van der Waals surface area contributed by atoms with Crippen LogP contribution in [0.4, 0.5) is 0 Å². The van der Waals surface area contributed by atoms with Crippen molar-refractivity contribution in [3.8, 4) is 0 Å². The minimum Gasteiger partial charge on any atom is -0.456 e. The number of fused-ring (bicyclic) bond motifs is 1. The zero-order valence-corrected chi connectivity index (χ0v) is 17.9. The molecule has 0 radical (unpaired) electrons. The summed E-state index contributed by atoms with van der Waals surface area (Å²) in [6.45, 7) is 1.32. The summed E-state index contributed by atoms with van der Waals surface area (Å²) < 4.78 is 3.29. The van der Waals surface area contributed by atoms with E-state index in [1.54, 1.807) is 6.92 Å². The van der Waals surface area contributed by atoms with E-state index in [9.17, 15) is 14.4 Å². The number of β-lactam (4-membered cyclic amide) rings is 1. The molecule has 2 aliphatic heterocycles. The Hall–Kier alpha value is -0.930. The van der Waals surface area contributed by atoms with Gasteiger partial charge in [-0.15, -0.1) is 23.1 Å². The number of carbonyl (C=O) groups excluding carboxylic acids is 3. The number of hydrogen-bond donors (Lipinski definition) is 1. The number of thiophene rings is 1. The standard InChI is InChI=1S/C16H15Cl3N2O4S2/c1-8-6-27-14-11(20-10(22)5-9-3-2-4-26-9)13(23)21(14)12(8)15(24)25-7-16(17,18)19/h2-4,11,14H,5-7H2,1H3,(H,20,22)/t11?,14-/m0/s1. The lowest BCUT2D eigenvalue weighted by Crippen LogP contribution is -2.70. The Labute approximate surface area is 179 Å². The minimum atomic E-state index is -1.73. The van der Waals surface area contributed by atoms with Gasteiger partial charge in [0.1, 0.15) is 23.7 Å². The highest BCUT2D eigenvalue weighted by molar-refractivity contribution is 8.00. The van der Waals surface area contributed by atoms with Gasteiger partial charge in [0, 0.05) is 10.6 Å². The van der Waals surface area contributed by atoms with Gasteiger partial charge in [-0.25, -0.2) is 4.79 Å². The number of esters is 1. The first kappa shape index (κ1) is 20.8. The Balaban J connectivity index is 1.65. The summed E-state index contributed by atoms with van der Waals surface area (Å²) in [5.41, 5.74) is 0.851. The Morgan fingerprint density at radius 3 is 2.78 bits per heavy atom. The van der Waals surface area contributed by atoms with E-state index >= 15 is 0 Å². The van der Waals surface area contributed by atoms with Gasteiger partial charge in [-0.1, -0.05) is 40.9 Å². The SMILES string of the molecule is CC1=C(C(=O)OCC(Cl)(Cl)Cl)N2C(=O)C(NC(=O)Cc3cccs3)[C@@H]2SC1. The summed E-state index contributed by atoms with van der Waals surface area (Å²) in [5.74, 6) is -0.778. The number of alkyl halides is 3. The first-order valence-electron chi connectivity index (χ1n) is 7.87. The zero-order valence-electron chi connectivity index (χ0n) is 14.0. The molecule has 2 aliphatic rings. The van der Waals surface area contributed by atoms with E-state index in [0.717, 1.165) is 4.88 Å². The van der Waals surface area contributed by atoms with E-state index in [-0.39, 0.29) is 29.3 Å². The number of rotatable bonds is 5. The molecular weight excluding hydrogens is 455 g/mol. The maximum atomic E-state index is 12.6. The number of ether oxygens (including phenoxy) is 1. The van der Waals surface area contributed by atoms with E-state index in [0.29, 0.717) is 11.3 Å². The maximum absolute atomic E-state index is 12.6. The highest BCUT2D eigenvalue weighted by Crippen LogP contribution is 2.40. The predicted molar refractivity (Wildman–Crippen MR) is 107 cm³/mol. The number of hydrogen-bond acceptors (Lipinski definition) is 6. The fraction of sp³-hybridized carbons (Fsp3) is 0.438. The van der Waals surface area contributed by atoms with E-state index in [1.807, 2.05) is 17.5 Å². The monoisotopic (exact) mass is 468 g/mol. The lowest BCUT2D eigenvalue weighted by molar-refractivity contribution is -0.152. The molecule has 2 atom stereocenters. The van der Waals surface area contributed by atoms with Gasteiger partial charge < -0.3 is 10.1 Å². The van der Waals surface area contributed by atoms with E-state index in [4.69, 9.17) is 39.5 Å². The summed E-state index contributed by atoms with van der Waals surface area (Å²) in [5, 5.41) is 4.28. The van der Waals surface area contributed by atoms with Crippen LogP contribution in [-0.2, 0) is 25.5 Å². The molecule has 146 valence electrons. The first-order chi connectivity index (χ1) is 12.7. The Morgan fingerprint density at radius 1 is 1.41 bits per heavy atom. The third-order valence-electron chi connectivity index (χ3n) is 3.95. The molecule has 0 aromatic carbocycles. The number of thioether (sulfide) groups is 1. The van der Waals surface area contributed by atoms with Crippen LogP contribution in [0, 0.1) is 0 Å². The molecule has 0 aliphatic carbocycles. The lowest BCUT2D eigenvalue weighted by Gasteiger charge is -2.49. The average Bonchev–Trinajstić information content (AvgIpc) is 3.09. The maximum Gasteiger partial charge on any atom is 0.355 e. The average molecular weight is 470 g/mol. The third kappa shape index (κ3) is 4.74. The van der Waals surface area contributed by atoms with Crippen molar-refractivity contribution in [3.63, 3.8) is 0 Å². The second-order valence-corrected chi connectivity index (χ2v) is 10.7. The van der Waals surface area contributed by atoms with E-state index in [2.05, 4.69) is 5.32 Å². The molecule has 1 fully saturated rings. The second kappa shape index (κ2) is 8.21. The van der Waals surface area contributed by atoms with Gasteiger partial charge in [0.25, 0.3) is 5.91 Å². The molecule has 0 bridgehead atoms. The number of nitrogens with zero attached hydrogens (tertiary/aromatic N) is 1. The summed E-state index contributed by atoms with van der Waals surface area (Å²) in [4.78, 5) is 39.4. The van der Waals surface area contributed by atoms with Crippen LogP contribution in [0.25, 0.3) is 0 Å². The van der Waals surface area contributed by atoms with E-state index < -0.39 is 22.4 Å². The van der Waals surface area contributed by atoms with Crippen LogP contribution in [-0.4, -0.2) is 50.3 Å². The molecule has 0 saturated carbocycles. The molecule has 1 aromatic heterocycles. The van der Waals surface area contributed by atoms with Gasteiger partial charge in [0.05, 0.1) is 6.42 Å². The van der Waals surface area contributed by atoms with Crippen molar-refractivity contribution < 1.29 is 19.1 Å². The molecule has 2 amide bonds. The summed E-state index contributed by atoms with van der Waals surface area (Å²) in [6, 6.07) is 3.05. The molecule has 1 aromatic rings. The molecule has 1 unspecified atom stereocenters. The van der Waals surface area contributed by atoms with Crippen LogP contribution >= 0.6 is 57.9 Å². The first-order valence-corrected chi connectivity index (χ1v) is 10.9. The molecule has 3 rings (SSSR count). The summed E-state index contributed by atoms with van der Waals surface area (Å²) >= 11 is 19.8. The van der Waals surface area contributed by atoms with Gasteiger partial charge in [-0.3, -0.25) is 14.5 Å². The number of amides is 2. The van der Waals surface area contributed by atoms with Crippen molar-refractivity contribution in [3.05, 3.63) is 33.7 Å². The van der Waals surface area contributed by atoms with Crippen molar-refractivity contribution in [2.45, 2.75) is 28.6 Å². The molecule has 3 heterocycles. The Bertz CT molecular complexity index is 792. The topological polar surface area (TPSA) is 75.7 Å². The van der Waals surface area contributed by atoms with Crippen molar-refractivity contribution in [1.82, 2.24) is 10.2 Å². The molecule has 1 saturated heterocycles. The highest BCUT2D eigenvalue weighted by Gasteiger charge is 2.54. The van der Waals surface area contributed by atoms with Crippen LogP contribution in [0.15, 0.2) is 28.8 Å². The van der Waals surface area contributed by atoms with Crippen molar-refractivity contribution in [2.24, 2.45) is 0 Å². The predicted octanol–water partition coefficient (Wildman–Crippen LogP) is 2.88. The molecule has 27 heavy (non-hydrogen) atoms. The van der Waals surface area contributed by atoms with Crippen LogP contribution < -0.4 is 5.32 Å². The molecular formula is C16H15Cl3N2O4S2. The number of carbonyl (C=O) groups is 3. The van der Waals surface area contributed by atoms with Crippen LogP contribution in [0.2, 0.25) is 0 Å². The van der Waals surface area contributed by atoms with Gasteiger partial charge >= 0.3 is 5.97 Å². The molecule has 6 nitrogen and oxygen atoms in total. The van der Waals surface area contributed by atoms with Crippen LogP contribution in [0.3, 0.4) is 0 Å². The second-order valence-electron chi connectivity index (χ2n) is 6.03. The van der Waals surface area contributed by atoms with Gasteiger partial charge in [-0.2, -0.15) is 0 Å². The van der Waals surface area contributed by atoms with Crippen LogP contribution in [0.1, 0.15) is 11.8 Å². The lowest BCUT2D eigenvalue weighted by atomic mass is 10.0. The highest BCUT2D eigenvalue weighted by atomic mass is 35.6. The minimum absolute atomic E-state index is 0.154. The summed E-state index contributed by atoms with van der Waals surface area (Å²) in [6.07, 6.45) is 0.214. The third-order valence-corrected chi connectivity index (χ3v) is 6.58. The van der Waals surface area contributed by atoms with Gasteiger partial charge in [0.15, 0.2) is 0 Å². The smallest absolute Gasteiger partial charge is 0.355 e. The van der Waals surface area contributed by atoms with Crippen LogP contribution in [0.5, 0.6) is 0 Å². The molecule has 0 spiro atoms. The molecule has 1 N–H and O–H groups in total. The Kier molecular flexibility index (Phi) is 6.32. The fourth-order valence-corrected chi connectivity index (χ4v) is 4.93. The zero-order chi connectivity index (χ0) is 19.8. The fourth-order valence-electron chi connectivity index (χ4n) is 2.77. The number of nitrogens with one attached hydrogen (secondary N) is 1. The van der Waals surface area contributed by atoms with E-state index in [1.165, 1.54) is 28.0 Å². The van der Waals surface area contributed by atoms with Gasteiger partial charge in [0.2, 0.25) is 9.70 Å². The van der Waals surface area contributed by atoms with Gasteiger partial charge in [-0.05, 0) is 23.9 Å². The normalized spacial score (nSPS) is 22.2. The van der Waals surface area contributed by atoms with Crippen molar-refractivity contribution in [1.29, 1.82) is 0 Å². The van der Waals surface area contributed by atoms with Crippen molar-refractivity contribution >= 4 is 75.7 Å². The largest absolute Gasteiger partial charge is 0.456 e.